The summed E-state index contributed by atoms with van der Waals surface area (Å²) in [5.74, 6) is -0.149. The van der Waals surface area contributed by atoms with Gasteiger partial charge in [0.05, 0.1) is 22.1 Å². The lowest BCUT2D eigenvalue weighted by Crippen LogP contribution is -2.12. The van der Waals surface area contributed by atoms with Gasteiger partial charge in [-0.25, -0.2) is 9.97 Å². The minimum atomic E-state index is -0.149. The Morgan fingerprint density at radius 3 is 2.20 bits per heavy atom. The van der Waals surface area contributed by atoms with Gasteiger partial charge >= 0.3 is 0 Å². The van der Waals surface area contributed by atoms with Crippen LogP contribution in [0, 0.1) is 13.8 Å². The van der Waals surface area contributed by atoms with Crippen molar-refractivity contribution in [1.82, 2.24) is 9.97 Å². The predicted molar refractivity (Wildman–Crippen MR) is 101 cm³/mol. The second-order valence-electron chi connectivity index (χ2n) is 6.19. The molecule has 122 valence electrons. The summed E-state index contributed by atoms with van der Waals surface area (Å²) < 4.78 is 0. The van der Waals surface area contributed by atoms with Gasteiger partial charge in [-0.2, -0.15) is 0 Å². The smallest absolute Gasteiger partial charge is 0.255 e. The summed E-state index contributed by atoms with van der Waals surface area (Å²) >= 11 is 0. The van der Waals surface area contributed by atoms with Crippen molar-refractivity contribution < 1.29 is 4.79 Å². The average Bonchev–Trinajstić information content (AvgIpc) is 2.61. The summed E-state index contributed by atoms with van der Waals surface area (Å²) in [5.41, 5.74) is 6.76. The van der Waals surface area contributed by atoms with Gasteiger partial charge < -0.3 is 5.32 Å². The highest BCUT2D eigenvalue weighted by Gasteiger charge is 2.10. The Hall–Kier alpha value is -3.27. The number of nitrogens with zero attached hydrogens (tertiary/aromatic N) is 2. The summed E-state index contributed by atoms with van der Waals surface area (Å²) in [7, 11) is 0. The number of rotatable bonds is 2. The van der Waals surface area contributed by atoms with Gasteiger partial charge in [-0.3, -0.25) is 4.79 Å². The van der Waals surface area contributed by atoms with Crippen LogP contribution in [0.3, 0.4) is 0 Å². The van der Waals surface area contributed by atoms with Gasteiger partial charge in [0, 0.05) is 11.3 Å². The van der Waals surface area contributed by atoms with Crippen molar-refractivity contribution in [2.75, 3.05) is 5.32 Å². The second-order valence-corrected chi connectivity index (χ2v) is 6.19. The molecule has 3 aromatic carbocycles. The van der Waals surface area contributed by atoms with Crippen LogP contribution in [0.4, 0.5) is 5.69 Å². The van der Waals surface area contributed by atoms with E-state index >= 15 is 0 Å². The molecule has 0 unspecified atom stereocenters. The molecule has 4 aromatic rings. The number of aromatic nitrogens is 2. The van der Waals surface area contributed by atoms with Crippen LogP contribution in [0.1, 0.15) is 21.5 Å². The lowest BCUT2D eigenvalue weighted by molar-refractivity contribution is 0.102. The third-order valence-electron chi connectivity index (χ3n) is 4.23. The Morgan fingerprint density at radius 2 is 1.48 bits per heavy atom. The summed E-state index contributed by atoms with van der Waals surface area (Å²) in [5, 5.41) is 2.97. The highest BCUT2D eigenvalue weighted by atomic mass is 16.1. The van der Waals surface area contributed by atoms with E-state index in [1.807, 2.05) is 62.4 Å². The molecule has 25 heavy (non-hydrogen) atoms. The normalized spacial score (nSPS) is 11.0. The summed E-state index contributed by atoms with van der Waals surface area (Å²) in [4.78, 5) is 21.8. The number of benzene rings is 3. The van der Waals surface area contributed by atoms with Crippen LogP contribution in [-0.2, 0) is 0 Å². The first-order valence-corrected chi connectivity index (χ1v) is 8.15. The van der Waals surface area contributed by atoms with Crippen molar-refractivity contribution in [3.05, 3.63) is 77.4 Å². The maximum Gasteiger partial charge on any atom is 0.255 e. The molecule has 0 aliphatic rings. The number of anilines is 1. The van der Waals surface area contributed by atoms with Crippen LogP contribution < -0.4 is 5.32 Å². The number of hydrogen-bond acceptors (Lipinski definition) is 3. The molecular weight excluding hydrogens is 310 g/mol. The maximum atomic E-state index is 12.6. The molecule has 0 aliphatic heterocycles. The van der Waals surface area contributed by atoms with E-state index < -0.39 is 0 Å². The average molecular weight is 327 g/mol. The van der Waals surface area contributed by atoms with Crippen LogP contribution >= 0.6 is 0 Å². The Morgan fingerprint density at radius 1 is 0.800 bits per heavy atom. The quantitative estimate of drug-likeness (QED) is 0.545. The van der Waals surface area contributed by atoms with E-state index in [0.29, 0.717) is 11.1 Å². The van der Waals surface area contributed by atoms with E-state index in [1.54, 1.807) is 12.1 Å². The number of aryl methyl sites for hydroxylation is 2. The molecule has 4 rings (SSSR count). The van der Waals surface area contributed by atoms with Crippen molar-refractivity contribution in [3.8, 4) is 0 Å². The maximum absolute atomic E-state index is 12.6. The third kappa shape index (κ3) is 2.94. The predicted octanol–water partition coefficient (Wildman–Crippen LogP) is 4.65. The molecule has 1 amide bonds. The summed E-state index contributed by atoms with van der Waals surface area (Å²) in [6.45, 7) is 4.02. The molecule has 0 saturated heterocycles. The van der Waals surface area contributed by atoms with Gasteiger partial charge in [-0.05, 0) is 55.8 Å². The number of carbonyl (C=O) groups is 1. The zero-order valence-corrected chi connectivity index (χ0v) is 14.1. The standard InChI is InChI=1S/C21H17N3O/c1-13-7-9-16(14(2)11-13)24-21(25)15-8-10-19-20(12-15)23-18-6-4-3-5-17(18)22-19/h3-12H,1-2H3,(H,24,25). The molecule has 1 heterocycles. The van der Waals surface area contributed by atoms with E-state index in [-0.39, 0.29) is 5.91 Å². The zero-order valence-electron chi connectivity index (χ0n) is 14.1. The van der Waals surface area contributed by atoms with E-state index in [9.17, 15) is 4.79 Å². The second kappa shape index (κ2) is 5.98. The van der Waals surface area contributed by atoms with Crippen molar-refractivity contribution >= 4 is 33.7 Å². The molecule has 0 radical (unpaired) electrons. The first-order chi connectivity index (χ1) is 12.1. The molecule has 0 aliphatic carbocycles. The molecule has 0 fully saturated rings. The molecule has 0 atom stereocenters. The molecule has 0 saturated carbocycles. The summed E-state index contributed by atoms with van der Waals surface area (Å²) in [6.07, 6.45) is 0. The van der Waals surface area contributed by atoms with E-state index in [0.717, 1.165) is 27.8 Å². The molecular formula is C21H17N3O. The van der Waals surface area contributed by atoms with Gasteiger partial charge in [-0.15, -0.1) is 0 Å². The van der Waals surface area contributed by atoms with Crippen LogP contribution in [0.5, 0.6) is 0 Å². The third-order valence-corrected chi connectivity index (χ3v) is 4.23. The fourth-order valence-corrected chi connectivity index (χ4v) is 2.91. The van der Waals surface area contributed by atoms with E-state index in [4.69, 9.17) is 0 Å². The van der Waals surface area contributed by atoms with Gasteiger partial charge in [0.1, 0.15) is 0 Å². The van der Waals surface area contributed by atoms with E-state index in [1.165, 1.54) is 5.56 Å². The lowest BCUT2D eigenvalue weighted by Gasteiger charge is -2.09. The van der Waals surface area contributed by atoms with Gasteiger partial charge in [0.15, 0.2) is 0 Å². The fourth-order valence-electron chi connectivity index (χ4n) is 2.91. The number of hydrogen-bond donors (Lipinski definition) is 1. The molecule has 4 heteroatoms. The SMILES string of the molecule is Cc1ccc(NC(=O)c2ccc3nc4ccccc4nc3c2)c(C)c1. The van der Waals surface area contributed by atoms with Crippen molar-refractivity contribution in [3.63, 3.8) is 0 Å². The van der Waals surface area contributed by atoms with Crippen LogP contribution in [0.25, 0.3) is 22.1 Å². The largest absolute Gasteiger partial charge is 0.322 e. The highest BCUT2D eigenvalue weighted by molar-refractivity contribution is 6.06. The molecule has 0 spiro atoms. The summed E-state index contributed by atoms with van der Waals surface area (Å²) in [6, 6.07) is 19.1. The minimum Gasteiger partial charge on any atom is -0.322 e. The highest BCUT2D eigenvalue weighted by Crippen LogP contribution is 2.20. The number of amides is 1. The number of fused-ring (bicyclic) bond motifs is 2. The fraction of sp³-hybridized carbons (Fsp3) is 0.0952. The monoisotopic (exact) mass is 327 g/mol. The first-order valence-electron chi connectivity index (χ1n) is 8.15. The molecule has 1 aromatic heterocycles. The topological polar surface area (TPSA) is 54.9 Å². The van der Waals surface area contributed by atoms with Crippen LogP contribution in [0.2, 0.25) is 0 Å². The Labute approximate surface area is 145 Å². The Balaban J connectivity index is 1.70. The van der Waals surface area contributed by atoms with Crippen LogP contribution in [0.15, 0.2) is 60.7 Å². The van der Waals surface area contributed by atoms with Crippen molar-refractivity contribution in [1.29, 1.82) is 0 Å². The Kier molecular flexibility index (Phi) is 3.65. The minimum absolute atomic E-state index is 0.149. The molecule has 0 bridgehead atoms. The van der Waals surface area contributed by atoms with Crippen molar-refractivity contribution in [2.45, 2.75) is 13.8 Å². The van der Waals surface area contributed by atoms with E-state index in [2.05, 4.69) is 15.3 Å². The number of nitrogens with one attached hydrogen (secondary N) is 1. The van der Waals surface area contributed by atoms with Gasteiger partial charge in [-0.1, -0.05) is 29.8 Å². The molecule has 1 N–H and O–H groups in total. The van der Waals surface area contributed by atoms with Crippen molar-refractivity contribution in [2.24, 2.45) is 0 Å². The van der Waals surface area contributed by atoms with Gasteiger partial charge in [0.25, 0.3) is 5.91 Å². The lowest BCUT2D eigenvalue weighted by atomic mass is 10.1. The van der Waals surface area contributed by atoms with Gasteiger partial charge in [0.2, 0.25) is 0 Å². The first kappa shape index (κ1) is 15.3. The number of carbonyl (C=O) groups excluding carboxylic acids is 1. The Bertz CT molecular complexity index is 1120. The van der Waals surface area contributed by atoms with Crippen LogP contribution in [-0.4, -0.2) is 15.9 Å². The zero-order chi connectivity index (χ0) is 17.4. The molecule has 4 nitrogen and oxygen atoms in total. The number of para-hydroxylation sites is 2.